The molecule has 3 aromatic carbocycles. The van der Waals surface area contributed by atoms with Crippen molar-refractivity contribution < 1.29 is 15.0 Å². The second-order valence-corrected chi connectivity index (χ2v) is 7.66. The minimum atomic E-state index is -1.79. The number of benzene rings is 3. The smallest absolute Gasteiger partial charge is 0.337 e. The number of nitrogens with zero attached hydrogens (tertiary/aromatic N) is 1. The van der Waals surface area contributed by atoms with Crippen molar-refractivity contribution in [3.05, 3.63) is 108 Å². The summed E-state index contributed by atoms with van der Waals surface area (Å²) < 4.78 is 0. The Kier molecular flexibility index (Phi) is 4.99. The fourth-order valence-electron chi connectivity index (χ4n) is 4.73. The molecule has 1 aliphatic rings. The normalized spacial score (nSPS) is 22.5. The number of likely N-dealkylation sites (tertiary alicyclic amines) is 1. The fraction of sp³-hybridized carbons (Fsp3) is 0.240. The minimum Gasteiger partial charge on any atom is -0.479 e. The molecule has 1 aliphatic heterocycles. The molecule has 4 nitrogen and oxygen atoms in total. The highest BCUT2D eigenvalue weighted by molar-refractivity contribution is 5.79. The molecule has 4 rings (SSSR count). The van der Waals surface area contributed by atoms with Crippen molar-refractivity contribution in [1.29, 1.82) is 0 Å². The molecule has 0 aliphatic carbocycles. The van der Waals surface area contributed by atoms with Crippen LogP contribution in [0, 0.1) is 0 Å². The largest absolute Gasteiger partial charge is 0.479 e. The van der Waals surface area contributed by atoms with E-state index < -0.39 is 23.2 Å². The topological polar surface area (TPSA) is 60.8 Å². The average Bonchev–Trinajstić information content (AvgIpc) is 3.08. The Balaban J connectivity index is 2.03. The number of rotatable bonds is 5. The lowest BCUT2D eigenvalue weighted by atomic mass is 9.75. The zero-order valence-electron chi connectivity index (χ0n) is 16.4. The Bertz CT molecular complexity index is 878. The molecule has 29 heavy (non-hydrogen) atoms. The van der Waals surface area contributed by atoms with Crippen molar-refractivity contribution in [1.82, 2.24) is 4.90 Å². The maximum absolute atomic E-state index is 11.9. The Hall–Kier alpha value is -2.95. The lowest BCUT2D eigenvalue weighted by Gasteiger charge is -2.46. The van der Waals surface area contributed by atoms with Crippen molar-refractivity contribution in [3.8, 4) is 0 Å². The lowest BCUT2D eigenvalue weighted by molar-refractivity contribution is -0.161. The van der Waals surface area contributed by atoms with Crippen molar-refractivity contribution in [2.24, 2.45) is 0 Å². The van der Waals surface area contributed by atoms with Gasteiger partial charge in [-0.1, -0.05) is 91.0 Å². The number of carboxylic acid groups (broad SMARTS) is 1. The molecule has 0 spiro atoms. The summed E-state index contributed by atoms with van der Waals surface area (Å²) in [4.78, 5) is 14.1. The van der Waals surface area contributed by atoms with E-state index in [4.69, 9.17) is 0 Å². The summed E-state index contributed by atoms with van der Waals surface area (Å²) in [7, 11) is 0. The first-order valence-corrected chi connectivity index (χ1v) is 9.90. The summed E-state index contributed by atoms with van der Waals surface area (Å²) in [6.07, 6.45) is 0.178. The molecule has 1 heterocycles. The molecule has 0 aromatic heterocycles. The average molecular weight is 387 g/mol. The van der Waals surface area contributed by atoms with E-state index in [0.29, 0.717) is 6.54 Å². The number of carbonyl (C=O) groups is 1. The Labute approximate surface area is 171 Å². The maximum Gasteiger partial charge on any atom is 0.337 e. The van der Waals surface area contributed by atoms with Gasteiger partial charge < -0.3 is 10.2 Å². The SMILES string of the molecule is CC1N(C(c2ccccc2)(c2ccccc2)c2ccccc2)CC[C@@]1(O)C(=O)O. The lowest BCUT2D eigenvalue weighted by Crippen LogP contribution is -2.56. The highest BCUT2D eigenvalue weighted by Gasteiger charge is 2.56. The van der Waals surface area contributed by atoms with Gasteiger partial charge in [-0.15, -0.1) is 0 Å². The first-order chi connectivity index (χ1) is 14.0. The molecule has 0 amide bonds. The summed E-state index contributed by atoms with van der Waals surface area (Å²) in [6, 6.07) is 29.8. The van der Waals surface area contributed by atoms with Crippen LogP contribution in [0.25, 0.3) is 0 Å². The van der Waals surface area contributed by atoms with E-state index in [0.717, 1.165) is 16.7 Å². The van der Waals surface area contributed by atoms with Crippen LogP contribution in [-0.4, -0.2) is 39.3 Å². The number of hydrogen-bond acceptors (Lipinski definition) is 3. The summed E-state index contributed by atoms with van der Waals surface area (Å²) >= 11 is 0. The van der Waals surface area contributed by atoms with E-state index >= 15 is 0 Å². The highest BCUT2D eigenvalue weighted by atomic mass is 16.4. The molecule has 2 N–H and O–H groups in total. The van der Waals surface area contributed by atoms with Crippen molar-refractivity contribution in [2.45, 2.75) is 30.5 Å². The van der Waals surface area contributed by atoms with Gasteiger partial charge in [0, 0.05) is 19.0 Å². The van der Waals surface area contributed by atoms with E-state index in [1.807, 2.05) is 61.5 Å². The van der Waals surface area contributed by atoms with Gasteiger partial charge in [-0.25, -0.2) is 4.79 Å². The third kappa shape index (κ3) is 2.96. The molecule has 0 saturated carbocycles. The van der Waals surface area contributed by atoms with E-state index in [2.05, 4.69) is 41.3 Å². The molecule has 148 valence electrons. The summed E-state index contributed by atoms with van der Waals surface area (Å²) in [5, 5.41) is 20.7. The molecule has 4 heteroatoms. The van der Waals surface area contributed by atoms with Crippen LogP contribution in [-0.2, 0) is 10.3 Å². The predicted molar refractivity (Wildman–Crippen MR) is 113 cm³/mol. The third-order valence-electron chi connectivity index (χ3n) is 6.27. The zero-order chi connectivity index (χ0) is 20.5. The van der Waals surface area contributed by atoms with Gasteiger partial charge in [0.2, 0.25) is 0 Å². The van der Waals surface area contributed by atoms with Gasteiger partial charge in [0.05, 0.1) is 5.54 Å². The molecule has 1 saturated heterocycles. The maximum atomic E-state index is 11.9. The standard InChI is InChI=1S/C25H25NO3/c1-19-24(29,23(27)28)17-18-26(19)25(20-11-5-2-6-12-20,21-13-7-3-8-14-21)22-15-9-4-10-16-22/h2-16,19,29H,17-18H2,1H3,(H,27,28)/t19?,24-/m0/s1. The Morgan fingerprint density at radius 1 is 0.862 bits per heavy atom. The Morgan fingerprint density at radius 3 is 1.55 bits per heavy atom. The van der Waals surface area contributed by atoms with Crippen LogP contribution >= 0.6 is 0 Å². The second kappa shape index (κ2) is 7.47. The summed E-state index contributed by atoms with van der Waals surface area (Å²) in [5.41, 5.74) is 0.615. The van der Waals surface area contributed by atoms with Gasteiger partial charge in [0.1, 0.15) is 0 Å². The van der Waals surface area contributed by atoms with Crippen molar-refractivity contribution >= 4 is 5.97 Å². The van der Waals surface area contributed by atoms with E-state index in [9.17, 15) is 15.0 Å². The van der Waals surface area contributed by atoms with Crippen LogP contribution in [0.15, 0.2) is 91.0 Å². The van der Waals surface area contributed by atoms with Crippen LogP contribution in [0.2, 0.25) is 0 Å². The number of carboxylic acids is 1. The monoisotopic (exact) mass is 387 g/mol. The third-order valence-corrected chi connectivity index (χ3v) is 6.27. The van der Waals surface area contributed by atoms with Gasteiger partial charge in [-0.3, -0.25) is 4.90 Å². The minimum absolute atomic E-state index is 0.178. The summed E-state index contributed by atoms with van der Waals surface area (Å²) in [6.45, 7) is 2.27. The molecule has 3 aromatic rings. The predicted octanol–water partition coefficient (Wildman–Crippen LogP) is 3.89. The van der Waals surface area contributed by atoms with Gasteiger partial charge in [-0.05, 0) is 23.6 Å². The van der Waals surface area contributed by atoms with Gasteiger partial charge >= 0.3 is 5.97 Å². The molecule has 2 atom stereocenters. The zero-order valence-corrected chi connectivity index (χ0v) is 16.4. The molecule has 0 bridgehead atoms. The van der Waals surface area contributed by atoms with Crippen LogP contribution in [0.1, 0.15) is 30.0 Å². The molecule has 0 radical (unpaired) electrons. The fourth-order valence-corrected chi connectivity index (χ4v) is 4.73. The number of hydrogen-bond donors (Lipinski definition) is 2. The molecule has 1 fully saturated rings. The van der Waals surface area contributed by atoms with Crippen molar-refractivity contribution in [3.63, 3.8) is 0 Å². The number of aliphatic hydroxyl groups is 1. The van der Waals surface area contributed by atoms with E-state index in [1.54, 1.807) is 0 Å². The summed E-state index contributed by atoms with van der Waals surface area (Å²) in [5.74, 6) is -1.17. The van der Waals surface area contributed by atoms with Crippen LogP contribution in [0.5, 0.6) is 0 Å². The van der Waals surface area contributed by atoms with Crippen molar-refractivity contribution in [2.75, 3.05) is 6.54 Å². The van der Waals surface area contributed by atoms with Crippen LogP contribution < -0.4 is 0 Å². The van der Waals surface area contributed by atoms with Crippen LogP contribution in [0.4, 0.5) is 0 Å². The number of aliphatic carboxylic acids is 1. The molecule has 1 unspecified atom stereocenters. The second-order valence-electron chi connectivity index (χ2n) is 7.66. The Morgan fingerprint density at radius 2 is 1.24 bits per heavy atom. The van der Waals surface area contributed by atoms with Gasteiger partial charge in [0.25, 0.3) is 0 Å². The quantitative estimate of drug-likeness (QED) is 0.652. The first kappa shape index (κ1) is 19.4. The van der Waals surface area contributed by atoms with E-state index in [-0.39, 0.29) is 6.42 Å². The van der Waals surface area contributed by atoms with Gasteiger partial charge in [0.15, 0.2) is 5.60 Å². The highest BCUT2D eigenvalue weighted by Crippen LogP contribution is 2.47. The van der Waals surface area contributed by atoms with E-state index in [1.165, 1.54) is 0 Å². The van der Waals surface area contributed by atoms with Gasteiger partial charge in [-0.2, -0.15) is 0 Å². The molecular formula is C25H25NO3. The van der Waals surface area contributed by atoms with Crippen LogP contribution in [0.3, 0.4) is 0 Å². The first-order valence-electron chi connectivity index (χ1n) is 9.90. The molecular weight excluding hydrogens is 362 g/mol.